The second-order valence-corrected chi connectivity index (χ2v) is 8.96. The van der Waals surface area contributed by atoms with Crippen molar-refractivity contribution in [2.24, 2.45) is 0 Å². The quantitative estimate of drug-likeness (QED) is 0.807. The minimum absolute atomic E-state index is 0.0999. The normalized spacial score (nSPS) is 27.0. The molecular formula is C18H29N3O3S. The van der Waals surface area contributed by atoms with Crippen LogP contribution in [0.15, 0.2) is 29.2 Å². The van der Waals surface area contributed by atoms with Gasteiger partial charge in [-0.1, -0.05) is 19.1 Å². The van der Waals surface area contributed by atoms with Gasteiger partial charge in [0.25, 0.3) is 0 Å². The first-order chi connectivity index (χ1) is 11.9. The van der Waals surface area contributed by atoms with Gasteiger partial charge >= 0.3 is 0 Å². The van der Waals surface area contributed by atoms with Gasteiger partial charge < -0.3 is 14.5 Å². The van der Waals surface area contributed by atoms with E-state index in [1.165, 1.54) is 0 Å². The lowest BCUT2D eigenvalue weighted by molar-refractivity contribution is 0.110. The number of hydrogen-bond donors (Lipinski definition) is 0. The van der Waals surface area contributed by atoms with E-state index in [1.807, 2.05) is 25.1 Å². The highest BCUT2D eigenvalue weighted by molar-refractivity contribution is 7.89. The average Bonchev–Trinajstić information content (AvgIpc) is 2.81. The Kier molecular flexibility index (Phi) is 5.68. The molecule has 0 spiro atoms. The molecule has 7 heteroatoms. The molecule has 2 atom stereocenters. The van der Waals surface area contributed by atoms with E-state index in [-0.39, 0.29) is 12.1 Å². The molecule has 0 N–H and O–H groups in total. The van der Waals surface area contributed by atoms with E-state index in [9.17, 15) is 8.42 Å². The van der Waals surface area contributed by atoms with Gasteiger partial charge in [-0.05, 0) is 52.2 Å². The molecule has 140 valence electrons. The average molecular weight is 368 g/mol. The summed E-state index contributed by atoms with van der Waals surface area (Å²) in [7, 11) is 0.378. The summed E-state index contributed by atoms with van der Waals surface area (Å²) >= 11 is 0. The molecule has 0 amide bonds. The third-order valence-corrected chi connectivity index (χ3v) is 7.16. The molecule has 2 heterocycles. The van der Waals surface area contributed by atoms with Crippen molar-refractivity contribution in [1.29, 1.82) is 0 Å². The lowest BCUT2D eigenvalue weighted by atomic mass is 10.1. The van der Waals surface area contributed by atoms with Crippen molar-refractivity contribution in [3.05, 3.63) is 24.3 Å². The van der Waals surface area contributed by atoms with Gasteiger partial charge in [-0.25, -0.2) is 8.42 Å². The third-order valence-electron chi connectivity index (χ3n) is 5.20. The molecule has 0 aliphatic carbocycles. The molecule has 6 nitrogen and oxygen atoms in total. The zero-order valence-electron chi connectivity index (χ0n) is 15.4. The van der Waals surface area contributed by atoms with E-state index in [0.29, 0.717) is 23.7 Å². The van der Waals surface area contributed by atoms with Gasteiger partial charge in [0.2, 0.25) is 10.0 Å². The smallest absolute Gasteiger partial charge is 0.247 e. The summed E-state index contributed by atoms with van der Waals surface area (Å²) in [6.45, 7) is 6.17. The van der Waals surface area contributed by atoms with Crippen LogP contribution in [0.3, 0.4) is 0 Å². The first kappa shape index (κ1) is 18.6. The molecule has 1 aromatic rings. The lowest BCUT2D eigenvalue weighted by Crippen LogP contribution is -2.49. The monoisotopic (exact) mass is 367 g/mol. The van der Waals surface area contributed by atoms with Gasteiger partial charge in [-0.15, -0.1) is 0 Å². The lowest BCUT2D eigenvalue weighted by Gasteiger charge is -2.32. The molecule has 0 radical (unpaired) electrons. The minimum atomic E-state index is -3.56. The molecule has 1 aromatic carbocycles. The van der Waals surface area contributed by atoms with E-state index in [1.54, 1.807) is 22.5 Å². The maximum absolute atomic E-state index is 13.4. The van der Waals surface area contributed by atoms with Gasteiger partial charge in [0.05, 0.1) is 6.04 Å². The fraction of sp³-hybridized carbons (Fsp3) is 0.667. The Bertz CT molecular complexity index is 693. The molecule has 2 aliphatic heterocycles. The van der Waals surface area contributed by atoms with Crippen LogP contribution in [0.25, 0.3) is 0 Å². The molecule has 1 saturated heterocycles. The number of hydrogen-bond acceptors (Lipinski definition) is 5. The zero-order chi connectivity index (χ0) is 18.0. The standard InChI is InChI=1S/C18H29N3O3S/c1-4-20-11-9-15-16(10-12-20)24-17-7-5-6-8-18(17)25(22,23)21(15)14-13-19(2)3/h5-8,15-16H,4,9-14H2,1-3H3/t15-,16-/m1/s1. The molecule has 0 unspecified atom stereocenters. The number of benzene rings is 1. The molecule has 0 bridgehead atoms. The Balaban J connectivity index is 2.01. The van der Waals surface area contributed by atoms with Gasteiger partial charge in [0.1, 0.15) is 16.7 Å². The van der Waals surface area contributed by atoms with Crippen LogP contribution < -0.4 is 4.74 Å². The zero-order valence-corrected chi connectivity index (χ0v) is 16.2. The van der Waals surface area contributed by atoms with Gasteiger partial charge in [0, 0.05) is 19.6 Å². The summed E-state index contributed by atoms with van der Waals surface area (Å²) in [6.07, 6.45) is 1.55. The SMILES string of the molecule is CCN1CC[C@@H]2[C@@H](CC1)Oc1ccccc1S(=O)(=O)N2CCN(C)C. The second kappa shape index (κ2) is 7.61. The van der Waals surface area contributed by atoms with Gasteiger partial charge in [-0.2, -0.15) is 4.31 Å². The Hall–Kier alpha value is -1.15. The number of rotatable bonds is 4. The van der Waals surface area contributed by atoms with E-state index in [4.69, 9.17) is 4.74 Å². The molecule has 1 fully saturated rings. The van der Waals surface area contributed by atoms with Crippen molar-refractivity contribution in [2.75, 3.05) is 46.8 Å². The van der Waals surface area contributed by atoms with Crippen LogP contribution in [0.5, 0.6) is 5.75 Å². The van der Waals surface area contributed by atoms with Crippen LogP contribution in [0.1, 0.15) is 19.8 Å². The largest absolute Gasteiger partial charge is 0.487 e. The van der Waals surface area contributed by atoms with Crippen molar-refractivity contribution in [2.45, 2.75) is 36.8 Å². The molecule has 0 saturated carbocycles. The highest BCUT2D eigenvalue weighted by Gasteiger charge is 2.42. The Morgan fingerprint density at radius 3 is 2.64 bits per heavy atom. The highest BCUT2D eigenvalue weighted by atomic mass is 32.2. The van der Waals surface area contributed by atoms with Crippen molar-refractivity contribution in [3.63, 3.8) is 0 Å². The number of likely N-dealkylation sites (tertiary alicyclic amines) is 1. The summed E-state index contributed by atoms with van der Waals surface area (Å²) in [4.78, 5) is 4.70. The van der Waals surface area contributed by atoms with E-state index >= 15 is 0 Å². The van der Waals surface area contributed by atoms with E-state index < -0.39 is 10.0 Å². The van der Waals surface area contributed by atoms with Crippen molar-refractivity contribution < 1.29 is 13.2 Å². The van der Waals surface area contributed by atoms with Crippen molar-refractivity contribution >= 4 is 10.0 Å². The van der Waals surface area contributed by atoms with E-state index in [2.05, 4.69) is 11.8 Å². The van der Waals surface area contributed by atoms with Crippen LogP contribution in [-0.4, -0.2) is 81.5 Å². The maximum Gasteiger partial charge on any atom is 0.247 e. The van der Waals surface area contributed by atoms with Gasteiger partial charge in [-0.3, -0.25) is 0 Å². The van der Waals surface area contributed by atoms with Crippen LogP contribution in [-0.2, 0) is 10.0 Å². The minimum Gasteiger partial charge on any atom is -0.487 e. The predicted molar refractivity (Wildman–Crippen MR) is 98.4 cm³/mol. The Labute approximate surface area is 151 Å². The summed E-state index contributed by atoms with van der Waals surface area (Å²) in [5.74, 6) is 0.495. The number of fused-ring (bicyclic) bond motifs is 2. The molecule has 0 aromatic heterocycles. The summed E-state index contributed by atoms with van der Waals surface area (Å²) < 4.78 is 34.7. The van der Waals surface area contributed by atoms with Crippen LogP contribution in [0.4, 0.5) is 0 Å². The fourth-order valence-electron chi connectivity index (χ4n) is 3.71. The van der Waals surface area contributed by atoms with Crippen LogP contribution >= 0.6 is 0 Å². The third kappa shape index (κ3) is 3.84. The summed E-state index contributed by atoms with van der Waals surface area (Å²) in [6, 6.07) is 6.94. The molecular weight excluding hydrogens is 338 g/mol. The second-order valence-electron chi connectivity index (χ2n) is 7.10. The van der Waals surface area contributed by atoms with Gasteiger partial charge in [0.15, 0.2) is 0 Å². The van der Waals surface area contributed by atoms with Crippen molar-refractivity contribution in [1.82, 2.24) is 14.1 Å². The predicted octanol–water partition coefficient (Wildman–Crippen LogP) is 1.48. The molecule has 3 rings (SSSR count). The van der Waals surface area contributed by atoms with E-state index in [0.717, 1.165) is 32.5 Å². The number of ether oxygens (including phenoxy) is 1. The number of sulfonamides is 1. The summed E-state index contributed by atoms with van der Waals surface area (Å²) in [5.41, 5.74) is 0. The van der Waals surface area contributed by atoms with Crippen molar-refractivity contribution in [3.8, 4) is 5.75 Å². The Morgan fingerprint density at radius 1 is 1.20 bits per heavy atom. The first-order valence-electron chi connectivity index (χ1n) is 9.08. The Morgan fingerprint density at radius 2 is 1.92 bits per heavy atom. The molecule has 2 aliphatic rings. The van der Waals surface area contributed by atoms with Crippen LogP contribution in [0.2, 0.25) is 0 Å². The number of para-hydroxylation sites is 1. The topological polar surface area (TPSA) is 53.1 Å². The summed E-state index contributed by atoms with van der Waals surface area (Å²) in [5, 5.41) is 0. The number of likely N-dealkylation sites (N-methyl/N-ethyl adjacent to an activating group) is 1. The maximum atomic E-state index is 13.4. The molecule has 25 heavy (non-hydrogen) atoms. The number of nitrogens with zero attached hydrogens (tertiary/aromatic N) is 3. The first-order valence-corrected chi connectivity index (χ1v) is 10.5. The van der Waals surface area contributed by atoms with Crippen LogP contribution in [0, 0.1) is 0 Å². The highest BCUT2D eigenvalue weighted by Crippen LogP contribution is 2.36. The fourth-order valence-corrected chi connectivity index (χ4v) is 5.50.